The standard InChI is InChI=1S/C11H19N7/c1-2-3-4-5-7(12)16-11-17-8-9(13)14-6-15-10(8)18-11/h6-7H,2-5,12H2,1H3,(H4,13,14,15,16,17,18). The van der Waals surface area contributed by atoms with Crippen LogP contribution < -0.4 is 16.8 Å². The first-order chi connectivity index (χ1) is 8.70. The van der Waals surface area contributed by atoms with E-state index in [0.29, 0.717) is 22.9 Å². The number of H-pyrrole nitrogens is 1. The van der Waals surface area contributed by atoms with Gasteiger partial charge in [-0.05, 0) is 6.42 Å². The van der Waals surface area contributed by atoms with Crippen molar-refractivity contribution in [2.75, 3.05) is 11.1 Å². The monoisotopic (exact) mass is 249 g/mol. The summed E-state index contributed by atoms with van der Waals surface area (Å²) < 4.78 is 0. The summed E-state index contributed by atoms with van der Waals surface area (Å²) in [5.41, 5.74) is 12.9. The molecule has 0 fully saturated rings. The van der Waals surface area contributed by atoms with Crippen LogP contribution in [0, 0.1) is 0 Å². The molecule has 18 heavy (non-hydrogen) atoms. The molecule has 0 aliphatic carbocycles. The third-order valence-corrected chi connectivity index (χ3v) is 2.75. The molecule has 0 aliphatic heterocycles. The molecule has 7 heteroatoms. The Morgan fingerprint density at radius 1 is 1.39 bits per heavy atom. The highest BCUT2D eigenvalue weighted by atomic mass is 15.2. The number of fused-ring (bicyclic) bond motifs is 1. The summed E-state index contributed by atoms with van der Waals surface area (Å²) in [7, 11) is 0. The summed E-state index contributed by atoms with van der Waals surface area (Å²) in [6.07, 6.45) is 5.67. The fraction of sp³-hybridized carbons (Fsp3) is 0.545. The number of nitrogens with two attached hydrogens (primary N) is 2. The lowest BCUT2D eigenvalue weighted by molar-refractivity contribution is 0.597. The number of aromatic nitrogens is 4. The molecule has 0 radical (unpaired) electrons. The van der Waals surface area contributed by atoms with Gasteiger partial charge in [0.25, 0.3) is 0 Å². The van der Waals surface area contributed by atoms with Gasteiger partial charge in [-0.15, -0.1) is 0 Å². The van der Waals surface area contributed by atoms with Crippen LogP contribution in [0.5, 0.6) is 0 Å². The molecular weight excluding hydrogens is 230 g/mol. The lowest BCUT2D eigenvalue weighted by Gasteiger charge is -2.11. The van der Waals surface area contributed by atoms with Gasteiger partial charge in [0, 0.05) is 0 Å². The third kappa shape index (κ3) is 2.86. The number of nitrogens with zero attached hydrogens (tertiary/aromatic N) is 3. The van der Waals surface area contributed by atoms with E-state index in [1.165, 1.54) is 19.2 Å². The van der Waals surface area contributed by atoms with Crippen molar-refractivity contribution in [2.45, 2.75) is 38.8 Å². The summed E-state index contributed by atoms with van der Waals surface area (Å²) in [6, 6.07) is 0. The fourth-order valence-electron chi connectivity index (χ4n) is 1.78. The van der Waals surface area contributed by atoms with Crippen LogP contribution in [0.3, 0.4) is 0 Å². The van der Waals surface area contributed by atoms with Gasteiger partial charge in [0.1, 0.15) is 6.33 Å². The second-order valence-corrected chi connectivity index (χ2v) is 4.29. The first-order valence-electron chi connectivity index (χ1n) is 6.19. The van der Waals surface area contributed by atoms with Gasteiger partial charge in [-0.2, -0.15) is 0 Å². The van der Waals surface area contributed by atoms with E-state index in [9.17, 15) is 0 Å². The van der Waals surface area contributed by atoms with Crippen molar-refractivity contribution >= 4 is 22.9 Å². The minimum atomic E-state index is -0.119. The predicted molar refractivity (Wildman–Crippen MR) is 71.8 cm³/mol. The van der Waals surface area contributed by atoms with Crippen LogP contribution in [0.4, 0.5) is 11.8 Å². The van der Waals surface area contributed by atoms with Crippen LogP contribution in [0.15, 0.2) is 6.33 Å². The van der Waals surface area contributed by atoms with Crippen LogP contribution in [-0.2, 0) is 0 Å². The van der Waals surface area contributed by atoms with E-state index in [4.69, 9.17) is 11.5 Å². The molecule has 1 atom stereocenters. The van der Waals surface area contributed by atoms with Gasteiger partial charge in [0.2, 0.25) is 5.95 Å². The van der Waals surface area contributed by atoms with Gasteiger partial charge < -0.3 is 21.8 Å². The Morgan fingerprint density at radius 3 is 2.94 bits per heavy atom. The normalized spacial score (nSPS) is 12.8. The highest BCUT2D eigenvalue weighted by Gasteiger charge is 2.09. The van der Waals surface area contributed by atoms with Crippen molar-refractivity contribution in [3.8, 4) is 0 Å². The van der Waals surface area contributed by atoms with Crippen LogP contribution in [0.2, 0.25) is 0 Å². The van der Waals surface area contributed by atoms with Crippen molar-refractivity contribution < 1.29 is 0 Å². The number of unbranched alkanes of at least 4 members (excludes halogenated alkanes) is 2. The number of rotatable bonds is 6. The molecule has 0 saturated carbocycles. The number of imidazole rings is 1. The highest BCUT2D eigenvalue weighted by Crippen LogP contribution is 2.16. The number of hydrogen-bond donors (Lipinski definition) is 4. The van der Waals surface area contributed by atoms with Crippen molar-refractivity contribution in [2.24, 2.45) is 5.73 Å². The quantitative estimate of drug-likeness (QED) is 0.451. The van der Waals surface area contributed by atoms with Crippen LogP contribution in [-0.4, -0.2) is 26.1 Å². The molecule has 0 bridgehead atoms. The Labute approximate surface area is 105 Å². The molecule has 6 N–H and O–H groups in total. The molecule has 2 heterocycles. The summed E-state index contributed by atoms with van der Waals surface area (Å²) >= 11 is 0. The maximum absolute atomic E-state index is 5.97. The molecule has 2 rings (SSSR count). The second-order valence-electron chi connectivity index (χ2n) is 4.29. The summed E-state index contributed by atoms with van der Waals surface area (Å²) in [4.78, 5) is 15.2. The van der Waals surface area contributed by atoms with E-state index in [1.807, 2.05) is 0 Å². The summed E-state index contributed by atoms with van der Waals surface area (Å²) in [5, 5.41) is 3.11. The van der Waals surface area contributed by atoms with E-state index in [2.05, 4.69) is 32.2 Å². The van der Waals surface area contributed by atoms with Gasteiger partial charge in [-0.25, -0.2) is 15.0 Å². The lowest BCUT2D eigenvalue weighted by Crippen LogP contribution is -2.29. The number of nitrogen functional groups attached to an aromatic ring is 1. The molecule has 1 unspecified atom stereocenters. The molecule has 2 aromatic rings. The van der Waals surface area contributed by atoms with Gasteiger partial charge >= 0.3 is 0 Å². The fourth-order valence-corrected chi connectivity index (χ4v) is 1.78. The molecular formula is C11H19N7. The third-order valence-electron chi connectivity index (χ3n) is 2.75. The number of aromatic amines is 1. The lowest BCUT2D eigenvalue weighted by atomic mass is 10.2. The molecule has 7 nitrogen and oxygen atoms in total. The number of nitrogens with one attached hydrogen (secondary N) is 2. The Morgan fingerprint density at radius 2 is 2.22 bits per heavy atom. The van der Waals surface area contributed by atoms with Gasteiger partial charge in [0.05, 0.1) is 6.17 Å². The van der Waals surface area contributed by atoms with Gasteiger partial charge in [-0.3, -0.25) is 0 Å². The number of anilines is 2. The Balaban J connectivity index is 2.01. The molecule has 0 spiro atoms. The Bertz CT molecular complexity index is 507. The highest BCUT2D eigenvalue weighted by molar-refractivity contribution is 5.82. The largest absolute Gasteiger partial charge is 0.382 e. The first kappa shape index (κ1) is 12.6. The zero-order valence-electron chi connectivity index (χ0n) is 10.5. The number of hydrogen-bond acceptors (Lipinski definition) is 6. The maximum Gasteiger partial charge on any atom is 0.203 e. The molecule has 0 saturated heterocycles. The van der Waals surface area contributed by atoms with Crippen molar-refractivity contribution in [3.63, 3.8) is 0 Å². The van der Waals surface area contributed by atoms with E-state index in [1.54, 1.807) is 0 Å². The van der Waals surface area contributed by atoms with Gasteiger partial charge in [-0.1, -0.05) is 26.2 Å². The average molecular weight is 249 g/mol. The summed E-state index contributed by atoms with van der Waals surface area (Å²) in [6.45, 7) is 2.17. The zero-order chi connectivity index (χ0) is 13.0. The zero-order valence-corrected chi connectivity index (χ0v) is 10.5. The minimum absolute atomic E-state index is 0.119. The average Bonchev–Trinajstić information content (AvgIpc) is 2.73. The minimum Gasteiger partial charge on any atom is -0.382 e. The molecule has 0 amide bonds. The van der Waals surface area contributed by atoms with Crippen molar-refractivity contribution in [1.82, 2.24) is 19.9 Å². The molecule has 0 aliphatic rings. The van der Waals surface area contributed by atoms with Gasteiger partial charge in [0.15, 0.2) is 17.0 Å². The first-order valence-corrected chi connectivity index (χ1v) is 6.19. The van der Waals surface area contributed by atoms with E-state index in [0.717, 1.165) is 12.8 Å². The van der Waals surface area contributed by atoms with Crippen molar-refractivity contribution in [1.29, 1.82) is 0 Å². The maximum atomic E-state index is 5.97. The van der Waals surface area contributed by atoms with Crippen LogP contribution >= 0.6 is 0 Å². The smallest absolute Gasteiger partial charge is 0.203 e. The summed E-state index contributed by atoms with van der Waals surface area (Å²) in [5.74, 6) is 0.949. The molecule has 98 valence electrons. The Kier molecular flexibility index (Phi) is 3.93. The van der Waals surface area contributed by atoms with E-state index >= 15 is 0 Å². The Hall–Kier alpha value is -1.89. The van der Waals surface area contributed by atoms with E-state index < -0.39 is 0 Å². The topological polar surface area (TPSA) is 119 Å². The van der Waals surface area contributed by atoms with Crippen LogP contribution in [0.1, 0.15) is 32.6 Å². The van der Waals surface area contributed by atoms with Crippen LogP contribution in [0.25, 0.3) is 11.2 Å². The second kappa shape index (κ2) is 5.63. The molecule has 2 aromatic heterocycles. The molecule has 0 aromatic carbocycles. The predicted octanol–water partition coefficient (Wildman–Crippen LogP) is 1.21. The SMILES string of the molecule is CCCCCC(N)Nc1nc2c(N)ncnc2[nH]1. The van der Waals surface area contributed by atoms with Crippen molar-refractivity contribution in [3.05, 3.63) is 6.33 Å². The van der Waals surface area contributed by atoms with E-state index in [-0.39, 0.29) is 6.17 Å².